The molecule has 0 radical (unpaired) electrons. The zero-order chi connectivity index (χ0) is 14.3. The molecule has 1 aromatic carbocycles. The number of carbonyl (C=O) groups is 1. The lowest BCUT2D eigenvalue weighted by molar-refractivity contribution is -0.123. The van der Waals surface area contributed by atoms with Crippen LogP contribution in [-0.4, -0.2) is 25.7 Å². The molecule has 0 fully saturated rings. The Kier molecular flexibility index (Phi) is 7.05. The summed E-state index contributed by atoms with van der Waals surface area (Å²) in [5.74, 6) is -0.122. The van der Waals surface area contributed by atoms with Gasteiger partial charge in [0.1, 0.15) is 0 Å². The molecule has 19 heavy (non-hydrogen) atoms. The van der Waals surface area contributed by atoms with E-state index in [0.717, 1.165) is 16.5 Å². The number of ether oxygens (including phenoxy) is 1. The minimum Gasteiger partial charge on any atom is -0.385 e. The highest BCUT2D eigenvalue weighted by Gasteiger charge is 2.16. The van der Waals surface area contributed by atoms with Crippen LogP contribution >= 0.6 is 15.9 Å². The second-order valence-corrected chi connectivity index (χ2v) is 5.44. The van der Waals surface area contributed by atoms with E-state index in [-0.39, 0.29) is 11.9 Å². The first-order valence-electron chi connectivity index (χ1n) is 6.35. The molecule has 3 N–H and O–H groups in total. The van der Waals surface area contributed by atoms with Crippen molar-refractivity contribution >= 4 is 21.8 Å². The average molecular weight is 329 g/mol. The molecule has 1 rings (SSSR count). The molecule has 0 spiro atoms. The number of hydrogen-bond acceptors (Lipinski definition) is 3. The number of nitrogens with one attached hydrogen (secondary N) is 1. The van der Waals surface area contributed by atoms with Gasteiger partial charge < -0.3 is 15.8 Å². The summed E-state index contributed by atoms with van der Waals surface area (Å²) in [5, 5.41) is 2.92. The molecule has 1 aromatic rings. The van der Waals surface area contributed by atoms with Crippen LogP contribution in [0.2, 0.25) is 0 Å². The van der Waals surface area contributed by atoms with Gasteiger partial charge in [-0.25, -0.2) is 0 Å². The van der Waals surface area contributed by atoms with Gasteiger partial charge in [-0.2, -0.15) is 0 Å². The quantitative estimate of drug-likeness (QED) is 0.755. The second kappa shape index (κ2) is 8.30. The van der Waals surface area contributed by atoms with Crippen LogP contribution in [0.1, 0.15) is 31.4 Å². The Morgan fingerprint density at radius 1 is 1.53 bits per heavy atom. The number of halogens is 1. The first kappa shape index (κ1) is 16.1. The largest absolute Gasteiger partial charge is 0.385 e. The summed E-state index contributed by atoms with van der Waals surface area (Å²) < 4.78 is 5.94. The molecular weight excluding hydrogens is 308 g/mol. The van der Waals surface area contributed by atoms with E-state index >= 15 is 0 Å². The summed E-state index contributed by atoms with van der Waals surface area (Å²) in [6.45, 7) is 2.57. The number of rotatable bonds is 7. The molecule has 0 aliphatic heterocycles. The zero-order valence-corrected chi connectivity index (χ0v) is 12.9. The van der Waals surface area contributed by atoms with Crippen LogP contribution in [-0.2, 0) is 9.53 Å². The van der Waals surface area contributed by atoms with E-state index in [2.05, 4.69) is 21.2 Å². The van der Waals surface area contributed by atoms with Crippen molar-refractivity contribution in [2.75, 3.05) is 13.7 Å². The van der Waals surface area contributed by atoms with Gasteiger partial charge in [0, 0.05) is 18.2 Å². The van der Waals surface area contributed by atoms with E-state index in [1.807, 2.05) is 31.2 Å². The molecule has 106 valence electrons. The maximum atomic E-state index is 11.9. The minimum atomic E-state index is -0.482. The van der Waals surface area contributed by atoms with E-state index < -0.39 is 6.04 Å². The standard InChI is InChI=1S/C14H21BrN2O2/c1-10(11-5-3-6-12(15)9-11)17-14(18)13(16)7-4-8-19-2/h3,5-6,9-10,13H,4,7-8,16H2,1-2H3,(H,17,18)/t10-,13?/m0/s1. The number of methoxy groups -OCH3 is 1. The normalized spacial score (nSPS) is 13.9. The number of amides is 1. The minimum absolute atomic E-state index is 0.0570. The molecule has 5 heteroatoms. The smallest absolute Gasteiger partial charge is 0.237 e. The maximum absolute atomic E-state index is 11.9. The summed E-state index contributed by atoms with van der Waals surface area (Å²) in [5.41, 5.74) is 6.89. The molecule has 1 unspecified atom stereocenters. The average Bonchev–Trinajstić information content (AvgIpc) is 2.38. The van der Waals surface area contributed by atoms with E-state index in [1.54, 1.807) is 7.11 Å². The highest BCUT2D eigenvalue weighted by molar-refractivity contribution is 9.10. The topological polar surface area (TPSA) is 64.3 Å². The SMILES string of the molecule is COCCCC(N)C(=O)N[C@@H](C)c1cccc(Br)c1. The molecule has 0 heterocycles. The Morgan fingerprint density at radius 3 is 2.89 bits per heavy atom. The number of hydrogen-bond donors (Lipinski definition) is 2. The van der Waals surface area contributed by atoms with Gasteiger partial charge in [-0.15, -0.1) is 0 Å². The van der Waals surface area contributed by atoms with E-state index in [9.17, 15) is 4.79 Å². The third-order valence-corrected chi connectivity index (χ3v) is 3.40. The third-order valence-electron chi connectivity index (χ3n) is 2.91. The van der Waals surface area contributed by atoms with Gasteiger partial charge >= 0.3 is 0 Å². The van der Waals surface area contributed by atoms with Gasteiger partial charge in [0.2, 0.25) is 5.91 Å². The second-order valence-electron chi connectivity index (χ2n) is 4.53. The maximum Gasteiger partial charge on any atom is 0.237 e. The van der Waals surface area contributed by atoms with Gasteiger partial charge in [0.25, 0.3) is 0 Å². The van der Waals surface area contributed by atoms with Gasteiger partial charge in [-0.1, -0.05) is 28.1 Å². The van der Waals surface area contributed by atoms with Crippen LogP contribution in [0.15, 0.2) is 28.7 Å². The molecule has 0 saturated carbocycles. The molecule has 0 aliphatic rings. The first-order valence-corrected chi connectivity index (χ1v) is 7.14. The summed E-state index contributed by atoms with van der Waals surface area (Å²) in [6.07, 6.45) is 1.42. The predicted octanol–water partition coefficient (Wildman–Crippen LogP) is 2.38. The van der Waals surface area contributed by atoms with Crippen molar-refractivity contribution in [3.05, 3.63) is 34.3 Å². The fourth-order valence-electron chi connectivity index (χ4n) is 1.76. The number of carbonyl (C=O) groups excluding carboxylic acids is 1. The fraction of sp³-hybridized carbons (Fsp3) is 0.500. The molecule has 1 amide bonds. The monoisotopic (exact) mass is 328 g/mol. The van der Waals surface area contributed by atoms with Gasteiger partial charge in [-0.05, 0) is 37.5 Å². The van der Waals surface area contributed by atoms with Crippen LogP contribution in [0.3, 0.4) is 0 Å². The molecule has 2 atom stereocenters. The van der Waals surface area contributed by atoms with E-state index in [4.69, 9.17) is 10.5 Å². The predicted molar refractivity (Wildman–Crippen MR) is 79.8 cm³/mol. The lowest BCUT2D eigenvalue weighted by Gasteiger charge is -2.18. The van der Waals surface area contributed by atoms with Gasteiger partial charge in [0.15, 0.2) is 0 Å². The molecule has 0 bridgehead atoms. The summed E-state index contributed by atoms with van der Waals surface area (Å²) in [6, 6.07) is 7.33. The van der Waals surface area contributed by atoms with Crippen molar-refractivity contribution in [1.29, 1.82) is 0 Å². The van der Waals surface area contributed by atoms with Crippen LogP contribution < -0.4 is 11.1 Å². The van der Waals surface area contributed by atoms with Crippen molar-refractivity contribution in [3.63, 3.8) is 0 Å². The van der Waals surface area contributed by atoms with Crippen LogP contribution in [0.25, 0.3) is 0 Å². The van der Waals surface area contributed by atoms with Crippen molar-refractivity contribution in [1.82, 2.24) is 5.32 Å². The van der Waals surface area contributed by atoms with Crippen molar-refractivity contribution in [2.45, 2.75) is 31.8 Å². The van der Waals surface area contributed by atoms with Crippen LogP contribution in [0.5, 0.6) is 0 Å². The zero-order valence-electron chi connectivity index (χ0n) is 11.4. The summed E-state index contributed by atoms with van der Waals surface area (Å²) in [4.78, 5) is 11.9. The third kappa shape index (κ3) is 5.72. The number of benzene rings is 1. The van der Waals surface area contributed by atoms with E-state index in [1.165, 1.54) is 0 Å². The Balaban J connectivity index is 2.47. The summed E-state index contributed by atoms with van der Waals surface area (Å²) in [7, 11) is 1.64. The van der Waals surface area contributed by atoms with Crippen LogP contribution in [0.4, 0.5) is 0 Å². The highest BCUT2D eigenvalue weighted by atomic mass is 79.9. The van der Waals surface area contributed by atoms with Crippen molar-refractivity contribution in [3.8, 4) is 0 Å². The summed E-state index contributed by atoms with van der Waals surface area (Å²) >= 11 is 3.42. The Bertz CT molecular complexity index is 412. The Morgan fingerprint density at radius 2 is 2.26 bits per heavy atom. The lowest BCUT2D eigenvalue weighted by atomic mass is 10.1. The fourth-order valence-corrected chi connectivity index (χ4v) is 2.18. The van der Waals surface area contributed by atoms with Crippen molar-refractivity contribution < 1.29 is 9.53 Å². The number of nitrogens with two attached hydrogens (primary N) is 1. The van der Waals surface area contributed by atoms with Crippen molar-refractivity contribution in [2.24, 2.45) is 5.73 Å². The van der Waals surface area contributed by atoms with Gasteiger partial charge in [0.05, 0.1) is 12.1 Å². The van der Waals surface area contributed by atoms with Gasteiger partial charge in [-0.3, -0.25) is 4.79 Å². The molecular formula is C14H21BrN2O2. The first-order chi connectivity index (χ1) is 9.04. The lowest BCUT2D eigenvalue weighted by Crippen LogP contribution is -2.41. The molecule has 0 aromatic heterocycles. The Hall–Kier alpha value is -0.910. The highest BCUT2D eigenvalue weighted by Crippen LogP contribution is 2.17. The van der Waals surface area contributed by atoms with Crippen LogP contribution in [0, 0.1) is 0 Å². The molecule has 0 saturated heterocycles. The Labute approximate surface area is 122 Å². The van der Waals surface area contributed by atoms with E-state index in [0.29, 0.717) is 13.0 Å². The molecule has 4 nitrogen and oxygen atoms in total. The molecule has 0 aliphatic carbocycles.